The average molecular weight is 391 g/mol. The molecule has 2 aromatic carbocycles. The lowest BCUT2D eigenvalue weighted by Gasteiger charge is -2.13. The van der Waals surface area contributed by atoms with Crippen LogP contribution in [0.2, 0.25) is 5.02 Å². The quantitative estimate of drug-likeness (QED) is 0.603. The number of carbonyl (C=O) groups is 1. The van der Waals surface area contributed by atoms with Crippen molar-refractivity contribution in [2.75, 3.05) is 13.7 Å². The Balaban J connectivity index is 1.84. The molecule has 0 aliphatic heterocycles. The van der Waals surface area contributed by atoms with E-state index in [1.54, 1.807) is 7.11 Å². The van der Waals surface area contributed by atoms with Crippen molar-refractivity contribution in [2.45, 2.75) is 39.5 Å². The van der Waals surface area contributed by atoms with Crippen molar-refractivity contribution in [3.8, 4) is 11.5 Å². The summed E-state index contributed by atoms with van der Waals surface area (Å²) in [5.74, 6) is 1.43. The Morgan fingerprint density at radius 1 is 1.07 bits per heavy atom. The van der Waals surface area contributed by atoms with Crippen LogP contribution in [-0.4, -0.2) is 25.6 Å². The Kier molecular flexibility index (Phi) is 8.43. The fraction of sp³-hybridized carbons (Fsp3) is 0.381. The lowest BCUT2D eigenvalue weighted by atomic mass is 10.2. The Labute approximate surface area is 166 Å². The van der Waals surface area contributed by atoms with Crippen LogP contribution in [0.15, 0.2) is 42.5 Å². The number of hydrogen-bond donors (Lipinski definition) is 2. The zero-order chi connectivity index (χ0) is 19.6. The standard InChI is InChI=1S/C21H27ClN2O3/c1-15(2)24-21(25)10-11-23-13-17-6-9-19(20(12-17)26-3)27-14-16-4-7-18(22)8-5-16/h4-9,12,15,23H,10-11,13-14H2,1-3H3,(H,24,25). The molecular formula is C21H27ClN2O3. The molecule has 0 saturated heterocycles. The van der Waals surface area contributed by atoms with Crippen LogP contribution >= 0.6 is 11.6 Å². The van der Waals surface area contributed by atoms with E-state index in [0.29, 0.717) is 42.6 Å². The minimum absolute atomic E-state index is 0.0565. The van der Waals surface area contributed by atoms with E-state index in [2.05, 4.69) is 10.6 Å². The smallest absolute Gasteiger partial charge is 0.221 e. The lowest BCUT2D eigenvalue weighted by molar-refractivity contribution is -0.121. The van der Waals surface area contributed by atoms with Gasteiger partial charge in [-0.2, -0.15) is 0 Å². The number of benzene rings is 2. The Morgan fingerprint density at radius 3 is 2.44 bits per heavy atom. The zero-order valence-electron chi connectivity index (χ0n) is 16.0. The van der Waals surface area contributed by atoms with Gasteiger partial charge in [-0.25, -0.2) is 0 Å². The number of carbonyl (C=O) groups excluding carboxylic acids is 1. The molecule has 2 aromatic rings. The van der Waals surface area contributed by atoms with Gasteiger partial charge >= 0.3 is 0 Å². The first kappa shape index (κ1) is 21.1. The molecule has 0 aliphatic rings. The monoisotopic (exact) mass is 390 g/mol. The molecule has 2 N–H and O–H groups in total. The third-order valence-electron chi connectivity index (χ3n) is 3.84. The van der Waals surface area contributed by atoms with Crippen molar-refractivity contribution in [3.63, 3.8) is 0 Å². The second-order valence-corrected chi connectivity index (χ2v) is 6.99. The number of hydrogen-bond acceptors (Lipinski definition) is 4. The van der Waals surface area contributed by atoms with E-state index in [9.17, 15) is 4.79 Å². The molecule has 1 amide bonds. The second-order valence-electron chi connectivity index (χ2n) is 6.55. The van der Waals surface area contributed by atoms with Gasteiger partial charge in [-0.3, -0.25) is 4.79 Å². The number of rotatable bonds is 10. The van der Waals surface area contributed by atoms with Crippen molar-refractivity contribution in [1.82, 2.24) is 10.6 Å². The first-order chi connectivity index (χ1) is 13.0. The summed E-state index contributed by atoms with van der Waals surface area (Å²) in [5, 5.41) is 6.85. The van der Waals surface area contributed by atoms with Crippen LogP contribution in [0.25, 0.3) is 0 Å². The summed E-state index contributed by atoms with van der Waals surface area (Å²) in [5.41, 5.74) is 2.10. The fourth-order valence-corrected chi connectivity index (χ4v) is 2.64. The van der Waals surface area contributed by atoms with E-state index in [1.807, 2.05) is 56.3 Å². The highest BCUT2D eigenvalue weighted by Gasteiger charge is 2.07. The van der Waals surface area contributed by atoms with Crippen molar-refractivity contribution < 1.29 is 14.3 Å². The molecule has 0 atom stereocenters. The van der Waals surface area contributed by atoms with Crippen LogP contribution in [-0.2, 0) is 17.9 Å². The molecule has 2 rings (SSSR count). The maximum absolute atomic E-state index is 11.6. The maximum atomic E-state index is 11.6. The predicted molar refractivity (Wildman–Crippen MR) is 108 cm³/mol. The highest BCUT2D eigenvalue weighted by atomic mass is 35.5. The Hall–Kier alpha value is -2.24. The van der Waals surface area contributed by atoms with Gasteiger partial charge in [-0.15, -0.1) is 0 Å². The fourth-order valence-electron chi connectivity index (χ4n) is 2.51. The average Bonchev–Trinajstić information content (AvgIpc) is 2.64. The van der Waals surface area contributed by atoms with Crippen molar-refractivity contribution in [2.24, 2.45) is 0 Å². The molecule has 0 bridgehead atoms. The normalized spacial score (nSPS) is 10.7. The third-order valence-corrected chi connectivity index (χ3v) is 4.10. The highest BCUT2D eigenvalue weighted by Crippen LogP contribution is 2.29. The minimum atomic E-state index is 0.0565. The molecule has 0 saturated carbocycles. The zero-order valence-corrected chi connectivity index (χ0v) is 16.8. The Morgan fingerprint density at radius 2 is 1.78 bits per heavy atom. The van der Waals surface area contributed by atoms with Gasteiger partial charge in [0.15, 0.2) is 11.5 Å². The summed E-state index contributed by atoms with van der Waals surface area (Å²) in [4.78, 5) is 11.6. The number of ether oxygens (including phenoxy) is 2. The second kappa shape index (κ2) is 10.8. The van der Waals surface area contributed by atoms with Gasteiger partial charge in [0.2, 0.25) is 5.91 Å². The summed E-state index contributed by atoms with van der Waals surface area (Å²) in [6, 6.07) is 13.5. The van der Waals surface area contributed by atoms with Crippen LogP contribution in [0.1, 0.15) is 31.4 Å². The van der Waals surface area contributed by atoms with E-state index in [4.69, 9.17) is 21.1 Å². The molecule has 0 unspecified atom stereocenters. The van der Waals surface area contributed by atoms with E-state index < -0.39 is 0 Å². The molecule has 0 heterocycles. The molecule has 146 valence electrons. The number of amides is 1. The van der Waals surface area contributed by atoms with Crippen molar-refractivity contribution in [1.29, 1.82) is 0 Å². The van der Waals surface area contributed by atoms with Gasteiger partial charge in [0.25, 0.3) is 0 Å². The number of methoxy groups -OCH3 is 1. The molecule has 5 nitrogen and oxygen atoms in total. The molecule has 0 radical (unpaired) electrons. The summed E-state index contributed by atoms with van der Waals surface area (Å²) in [6.45, 7) is 5.62. The molecule has 27 heavy (non-hydrogen) atoms. The van der Waals surface area contributed by atoms with Crippen LogP contribution in [0.3, 0.4) is 0 Å². The van der Waals surface area contributed by atoms with Crippen molar-refractivity contribution in [3.05, 3.63) is 58.6 Å². The molecule has 0 aromatic heterocycles. The molecule has 0 spiro atoms. The van der Waals surface area contributed by atoms with E-state index in [1.165, 1.54) is 0 Å². The molecular weight excluding hydrogens is 364 g/mol. The number of halogens is 1. The molecule has 0 aliphatic carbocycles. The lowest BCUT2D eigenvalue weighted by Crippen LogP contribution is -2.32. The maximum Gasteiger partial charge on any atom is 0.221 e. The van der Waals surface area contributed by atoms with Crippen LogP contribution in [0, 0.1) is 0 Å². The molecule has 6 heteroatoms. The highest BCUT2D eigenvalue weighted by molar-refractivity contribution is 6.30. The van der Waals surface area contributed by atoms with E-state index in [0.717, 1.165) is 11.1 Å². The van der Waals surface area contributed by atoms with Crippen LogP contribution in [0.5, 0.6) is 11.5 Å². The predicted octanol–water partition coefficient (Wildman–Crippen LogP) is 3.93. The van der Waals surface area contributed by atoms with Gasteiger partial charge in [0.05, 0.1) is 7.11 Å². The van der Waals surface area contributed by atoms with Gasteiger partial charge in [0, 0.05) is 30.6 Å². The Bertz CT molecular complexity index is 733. The van der Waals surface area contributed by atoms with Gasteiger partial charge < -0.3 is 20.1 Å². The SMILES string of the molecule is COc1cc(CNCCC(=O)NC(C)C)ccc1OCc1ccc(Cl)cc1. The summed E-state index contributed by atoms with van der Waals surface area (Å²) in [6.07, 6.45) is 0.456. The van der Waals surface area contributed by atoms with Crippen molar-refractivity contribution >= 4 is 17.5 Å². The number of nitrogens with one attached hydrogen (secondary N) is 2. The summed E-state index contributed by atoms with van der Waals surface area (Å²) in [7, 11) is 1.62. The first-order valence-electron chi connectivity index (χ1n) is 9.02. The van der Waals surface area contributed by atoms with E-state index >= 15 is 0 Å². The third kappa shape index (κ3) is 7.49. The van der Waals surface area contributed by atoms with Gasteiger partial charge in [-0.1, -0.05) is 29.8 Å². The van der Waals surface area contributed by atoms with Gasteiger partial charge in [0.1, 0.15) is 6.61 Å². The van der Waals surface area contributed by atoms with Crippen LogP contribution < -0.4 is 20.1 Å². The summed E-state index contributed by atoms with van der Waals surface area (Å²) >= 11 is 5.90. The summed E-state index contributed by atoms with van der Waals surface area (Å²) < 4.78 is 11.3. The van der Waals surface area contributed by atoms with Crippen LogP contribution in [0.4, 0.5) is 0 Å². The molecule has 0 fully saturated rings. The minimum Gasteiger partial charge on any atom is -0.493 e. The van der Waals surface area contributed by atoms with E-state index in [-0.39, 0.29) is 11.9 Å². The first-order valence-corrected chi connectivity index (χ1v) is 9.40. The topological polar surface area (TPSA) is 59.6 Å². The largest absolute Gasteiger partial charge is 0.493 e. The van der Waals surface area contributed by atoms with Gasteiger partial charge in [-0.05, 0) is 49.2 Å².